The van der Waals surface area contributed by atoms with E-state index in [1.807, 2.05) is 6.92 Å². The van der Waals surface area contributed by atoms with Crippen LogP contribution in [-0.2, 0) is 0 Å². The Bertz CT molecular complexity index is 89.0. The molecule has 0 aliphatic heterocycles. The minimum absolute atomic E-state index is 0.103. The van der Waals surface area contributed by atoms with Crippen LogP contribution < -0.4 is 0 Å². The summed E-state index contributed by atoms with van der Waals surface area (Å²) in [6.07, 6.45) is 7.34. The number of rotatable bonds is 7. The number of hydrogen-bond acceptors (Lipinski definition) is 1. The molecule has 1 heteroatoms. The summed E-state index contributed by atoms with van der Waals surface area (Å²) in [5.74, 6) is 0.886. The molecule has 0 aliphatic carbocycles. The topological polar surface area (TPSA) is 20.2 Å². The van der Waals surface area contributed by atoms with Crippen molar-refractivity contribution < 1.29 is 5.11 Å². The van der Waals surface area contributed by atoms with Gasteiger partial charge in [-0.3, -0.25) is 0 Å². The van der Waals surface area contributed by atoms with Crippen molar-refractivity contribution in [2.75, 3.05) is 0 Å². The number of aliphatic hydroxyl groups excluding tert-OH is 1. The average molecular weight is 172 g/mol. The molecule has 0 radical (unpaired) electrons. The van der Waals surface area contributed by atoms with Gasteiger partial charge < -0.3 is 5.11 Å². The summed E-state index contributed by atoms with van der Waals surface area (Å²) < 4.78 is 0. The molecular weight excluding hydrogens is 148 g/mol. The van der Waals surface area contributed by atoms with E-state index < -0.39 is 0 Å². The summed E-state index contributed by atoms with van der Waals surface area (Å²) in [4.78, 5) is 0. The van der Waals surface area contributed by atoms with Crippen molar-refractivity contribution in [1.29, 1.82) is 0 Å². The highest BCUT2D eigenvalue weighted by atomic mass is 16.3. The highest BCUT2D eigenvalue weighted by molar-refractivity contribution is 4.52. The lowest BCUT2D eigenvalue weighted by Crippen LogP contribution is -1.98. The first-order valence-corrected chi connectivity index (χ1v) is 5.34. The number of aliphatic hydroxyl groups is 1. The van der Waals surface area contributed by atoms with E-state index in [4.69, 9.17) is 5.11 Å². The molecule has 1 N–H and O–H groups in total. The van der Waals surface area contributed by atoms with Crippen molar-refractivity contribution in [2.45, 2.75) is 65.4 Å². The second-order valence-corrected chi connectivity index (χ2v) is 4.00. The Morgan fingerprint density at radius 3 is 2.08 bits per heavy atom. The van der Waals surface area contributed by atoms with E-state index in [0.29, 0.717) is 0 Å². The van der Waals surface area contributed by atoms with Crippen molar-refractivity contribution in [3.05, 3.63) is 0 Å². The Labute approximate surface area is 77.2 Å². The van der Waals surface area contributed by atoms with Gasteiger partial charge in [-0.15, -0.1) is 0 Å². The van der Waals surface area contributed by atoms with E-state index in [2.05, 4.69) is 13.8 Å². The fraction of sp³-hybridized carbons (Fsp3) is 1.00. The molecule has 0 bridgehead atoms. The normalized spacial score (nSPS) is 16.0. The van der Waals surface area contributed by atoms with Gasteiger partial charge in [0.05, 0.1) is 6.10 Å². The van der Waals surface area contributed by atoms with Gasteiger partial charge in [0.15, 0.2) is 0 Å². The third kappa shape index (κ3) is 8.06. The lowest BCUT2D eigenvalue weighted by atomic mass is 10.00. The molecule has 0 aromatic carbocycles. The van der Waals surface area contributed by atoms with E-state index in [-0.39, 0.29) is 6.10 Å². The first-order valence-electron chi connectivity index (χ1n) is 5.34. The lowest BCUT2D eigenvalue weighted by Gasteiger charge is -2.07. The molecule has 1 nitrogen and oxygen atoms in total. The van der Waals surface area contributed by atoms with Crippen molar-refractivity contribution in [1.82, 2.24) is 0 Å². The maximum Gasteiger partial charge on any atom is 0.0512 e. The first kappa shape index (κ1) is 12.0. The molecule has 0 aliphatic rings. The molecule has 0 saturated carbocycles. The van der Waals surface area contributed by atoms with Gasteiger partial charge in [0, 0.05) is 0 Å². The molecule has 0 saturated heterocycles. The van der Waals surface area contributed by atoms with Gasteiger partial charge >= 0.3 is 0 Å². The van der Waals surface area contributed by atoms with Crippen LogP contribution in [0.1, 0.15) is 59.3 Å². The molecule has 12 heavy (non-hydrogen) atoms. The minimum Gasteiger partial charge on any atom is -0.393 e. The van der Waals surface area contributed by atoms with Crippen molar-refractivity contribution in [3.63, 3.8) is 0 Å². The quantitative estimate of drug-likeness (QED) is 0.584. The lowest BCUT2D eigenvalue weighted by molar-refractivity contribution is 0.180. The van der Waals surface area contributed by atoms with Gasteiger partial charge in [-0.2, -0.15) is 0 Å². The number of hydrogen-bond donors (Lipinski definition) is 1. The predicted octanol–water partition coefficient (Wildman–Crippen LogP) is 3.36. The van der Waals surface area contributed by atoms with Gasteiger partial charge in [0.1, 0.15) is 0 Å². The molecular formula is C11H24O. The van der Waals surface area contributed by atoms with E-state index >= 15 is 0 Å². The fourth-order valence-corrected chi connectivity index (χ4v) is 1.31. The summed E-state index contributed by atoms with van der Waals surface area (Å²) in [6.45, 7) is 6.43. The van der Waals surface area contributed by atoms with Gasteiger partial charge in [0.2, 0.25) is 0 Å². The van der Waals surface area contributed by atoms with Crippen LogP contribution in [-0.4, -0.2) is 11.2 Å². The average Bonchev–Trinajstić information content (AvgIpc) is 2.03. The Morgan fingerprint density at radius 1 is 1.00 bits per heavy atom. The molecule has 0 aromatic rings. The SMILES string of the molecule is CC[C@@H](C)CCCCC[C@H](C)O. The number of unbranched alkanes of at least 4 members (excludes halogenated alkanes) is 2. The molecule has 0 rings (SSSR count). The second kappa shape index (κ2) is 7.60. The smallest absolute Gasteiger partial charge is 0.0512 e. The van der Waals surface area contributed by atoms with Gasteiger partial charge in [-0.05, 0) is 19.3 Å². The molecule has 0 heterocycles. The van der Waals surface area contributed by atoms with E-state index in [0.717, 1.165) is 12.3 Å². The molecule has 0 amide bonds. The summed E-state index contributed by atoms with van der Waals surface area (Å²) in [5.41, 5.74) is 0. The molecule has 0 unspecified atom stereocenters. The summed E-state index contributed by atoms with van der Waals surface area (Å²) in [5, 5.41) is 9.01. The van der Waals surface area contributed by atoms with E-state index in [1.165, 1.54) is 32.1 Å². The first-order chi connectivity index (χ1) is 5.66. The highest BCUT2D eigenvalue weighted by Gasteiger charge is 1.99. The van der Waals surface area contributed by atoms with Gasteiger partial charge in [-0.1, -0.05) is 46.0 Å². The van der Waals surface area contributed by atoms with Crippen molar-refractivity contribution in [2.24, 2.45) is 5.92 Å². The third-order valence-corrected chi connectivity index (χ3v) is 2.52. The van der Waals surface area contributed by atoms with Gasteiger partial charge in [0.25, 0.3) is 0 Å². The molecule has 0 aromatic heterocycles. The Hall–Kier alpha value is -0.0400. The zero-order valence-corrected chi connectivity index (χ0v) is 8.84. The van der Waals surface area contributed by atoms with Crippen LogP contribution >= 0.6 is 0 Å². The maximum atomic E-state index is 9.01. The molecule has 0 spiro atoms. The van der Waals surface area contributed by atoms with Crippen LogP contribution in [0.3, 0.4) is 0 Å². The molecule has 74 valence electrons. The van der Waals surface area contributed by atoms with Crippen LogP contribution in [0, 0.1) is 5.92 Å². The third-order valence-electron chi connectivity index (χ3n) is 2.52. The monoisotopic (exact) mass is 172 g/mol. The van der Waals surface area contributed by atoms with Crippen LogP contribution in [0.2, 0.25) is 0 Å². The standard InChI is InChI=1S/C11H24O/c1-4-10(2)8-6-5-7-9-11(3)12/h10-12H,4-9H2,1-3H3/t10-,11+/m1/s1. The molecule has 2 atom stereocenters. The fourth-order valence-electron chi connectivity index (χ4n) is 1.31. The molecule has 0 fully saturated rings. The van der Waals surface area contributed by atoms with Gasteiger partial charge in [-0.25, -0.2) is 0 Å². The van der Waals surface area contributed by atoms with E-state index in [1.54, 1.807) is 0 Å². The second-order valence-electron chi connectivity index (χ2n) is 4.00. The van der Waals surface area contributed by atoms with Crippen molar-refractivity contribution in [3.8, 4) is 0 Å². The van der Waals surface area contributed by atoms with E-state index in [9.17, 15) is 0 Å². The summed E-state index contributed by atoms with van der Waals surface area (Å²) in [6, 6.07) is 0. The van der Waals surface area contributed by atoms with Crippen LogP contribution in [0.4, 0.5) is 0 Å². The summed E-state index contributed by atoms with van der Waals surface area (Å²) >= 11 is 0. The summed E-state index contributed by atoms with van der Waals surface area (Å²) in [7, 11) is 0. The maximum absolute atomic E-state index is 9.01. The Balaban J connectivity index is 3.00. The zero-order chi connectivity index (χ0) is 9.40. The highest BCUT2D eigenvalue weighted by Crippen LogP contribution is 2.13. The Kier molecular flexibility index (Phi) is 7.58. The largest absolute Gasteiger partial charge is 0.393 e. The van der Waals surface area contributed by atoms with Crippen molar-refractivity contribution >= 4 is 0 Å². The Morgan fingerprint density at radius 2 is 1.58 bits per heavy atom. The minimum atomic E-state index is -0.103. The van der Waals surface area contributed by atoms with Crippen LogP contribution in [0.5, 0.6) is 0 Å². The van der Waals surface area contributed by atoms with Crippen LogP contribution in [0.25, 0.3) is 0 Å². The predicted molar refractivity (Wildman–Crippen MR) is 54.2 cm³/mol. The zero-order valence-electron chi connectivity index (χ0n) is 8.84. The van der Waals surface area contributed by atoms with Crippen LogP contribution in [0.15, 0.2) is 0 Å².